The lowest BCUT2D eigenvalue weighted by Gasteiger charge is -2.15. The number of aliphatic hydroxyl groups is 1. The van der Waals surface area contributed by atoms with Crippen LogP contribution in [0.15, 0.2) is 97.2 Å². The highest BCUT2D eigenvalue weighted by Gasteiger charge is 2.16. The zero-order valence-corrected chi connectivity index (χ0v) is 46.0. The topological polar surface area (TPSA) is 72.8 Å². The Bertz CT molecular complexity index is 1330. The maximum absolute atomic E-state index is 12.3. The maximum atomic E-state index is 12.3. The summed E-state index contributed by atoms with van der Waals surface area (Å²) in [6, 6.07) is 0. The molecule has 0 aromatic carbocycles. The van der Waals surface area contributed by atoms with E-state index >= 15 is 0 Å². The number of carbonyl (C=O) groups is 2. The van der Waals surface area contributed by atoms with Crippen molar-refractivity contribution in [3.8, 4) is 0 Å². The molecule has 0 bridgehead atoms. The minimum absolute atomic E-state index is 0.0816. The standard InChI is InChI=1S/C65H112O5/c1-3-5-7-9-11-13-15-17-19-21-23-24-25-26-27-28-29-30-31-32-33-34-35-36-37-38-39-40-42-43-45-47-49-51-53-55-57-59-64(67)69-62-63(61-66)70-65(68)60-58-56-54-52-50-48-46-44-41-22-20-18-16-14-12-10-8-6-4-2/h6,8,12,14-15,17-18,20-21,23,25-26,41,44,48,50,63,66H,3-5,7,9-11,13,16,19,22,24,27-40,42-43,45-47,49,51-62H2,1-2H3/b8-6-,14-12-,17-15-,20-18-,23-21-,26-25-,44-41-,50-48-. The van der Waals surface area contributed by atoms with E-state index in [1.807, 2.05) is 0 Å². The van der Waals surface area contributed by atoms with Crippen molar-refractivity contribution in [1.82, 2.24) is 0 Å². The summed E-state index contributed by atoms with van der Waals surface area (Å²) in [4.78, 5) is 24.5. The van der Waals surface area contributed by atoms with Gasteiger partial charge in [0.15, 0.2) is 6.10 Å². The first-order valence-electron chi connectivity index (χ1n) is 29.8. The summed E-state index contributed by atoms with van der Waals surface area (Å²) in [5.74, 6) is -0.624. The van der Waals surface area contributed by atoms with Gasteiger partial charge in [-0.25, -0.2) is 0 Å². The van der Waals surface area contributed by atoms with Crippen LogP contribution < -0.4 is 0 Å². The largest absolute Gasteiger partial charge is 0.462 e. The second kappa shape index (κ2) is 60.1. The maximum Gasteiger partial charge on any atom is 0.306 e. The zero-order valence-electron chi connectivity index (χ0n) is 46.0. The van der Waals surface area contributed by atoms with E-state index in [0.29, 0.717) is 12.8 Å². The monoisotopic (exact) mass is 973 g/mol. The predicted octanol–water partition coefficient (Wildman–Crippen LogP) is 20.3. The van der Waals surface area contributed by atoms with Crippen molar-refractivity contribution in [2.24, 2.45) is 0 Å². The molecule has 0 amide bonds. The molecule has 0 aromatic rings. The molecule has 5 nitrogen and oxygen atoms in total. The number of aliphatic hydroxyl groups excluding tert-OH is 1. The number of hydrogen-bond donors (Lipinski definition) is 1. The van der Waals surface area contributed by atoms with Crippen molar-refractivity contribution in [3.63, 3.8) is 0 Å². The summed E-state index contributed by atoms with van der Waals surface area (Å²) >= 11 is 0. The third-order valence-corrected chi connectivity index (χ3v) is 12.9. The molecule has 0 aliphatic heterocycles. The molecule has 402 valence electrons. The minimum atomic E-state index is -0.794. The van der Waals surface area contributed by atoms with Crippen LogP contribution in [0, 0.1) is 0 Å². The van der Waals surface area contributed by atoms with E-state index in [1.54, 1.807) is 0 Å². The van der Waals surface area contributed by atoms with Crippen LogP contribution in [-0.2, 0) is 19.1 Å². The molecule has 70 heavy (non-hydrogen) atoms. The first kappa shape index (κ1) is 66.8. The van der Waals surface area contributed by atoms with Crippen LogP contribution >= 0.6 is 0 Å². The van der Waals surface area contributed by atoms with Crippen LogP contribution in [0.4, 0.5) is 0 Å². The van der Waals surface area contributed by atoms with Crippen LogP contribution in [0.1, 0.15) is 284 Å². The van der Waals surface area contributed by atoms with Gasteiger partial charge in [0, 0.05) is 12.8 Å². The van der Waals surface area contributed by atoms with Gasteiger partial charge in [0.1, 0.15) is 6.61 Å². The van der Waals surface area contributed by atoms with Crippen LogP contribution in [0.5, 0.6) is 0 Å². The molecule has 0 rings (SSSR count). The number of carbonyl (C=O) groups excluding carboxylic acids is 2. The lowest BCUT2D eigenvalue weighted by atomic mass is 10.0. The fourth-order valence-corrected chi connectivity index (χ4v) is 8.41. The van der Waals surface area contributed by atoms with Crippen molar-refractivity contribution in [2.75, 3.05) is 13.2 Å². The number of unbranched alkanes of at least 4 members (excludes halogenated alkanes) is 30. The summed E-state index contributed by atoms with van der Waals surface area (Å²) in [6.07, 6.45) is 85.5. The molecule has 0 fully saturated rings. The Balaban J connectivity index is 3.46. The van der Waals surface area contributed by atoms with Gasteiger partial charge < -0.3 is 14.6 Å². The molecule has 0 aromatic heterocycles. The molecule has 0 aliphatic carbocycles. The van der Waals surface area contributed by atoms with Gasteiger partial charge in [-0.15, -0.1) is 0 Å². The molecule has 1 N–H and O–H groups in total. The van der Waals surface area contributed by atoms with Gasteiger partial charge in [-0.2, -0.15) is 0 Å². The quantitative estimate of drug-likeness (QED) is 0.0373. The summed E-state index contributed by atoms with van der Waals surface area (Å²) in [5.41, 5.74) is 0. The second-order valence-electron chi connectivity index (χ2n) is 19.7. The van der Waals surface area contributed by atoms with Gasteiger partial charge in [0.05, 0.1) is 6.61 Å². The van der Waals surface area contributed by atoms with Crippen LogP contribution in [-0.4, -0.2) is 36.4 Å². The highest BCUT2D eigenvalue weighted by atomic mass is 16.6. The van der Waals surface area contributed by atoms with Crippen LogP contribution in [0.3, 0.4) is 0 Å². The van der Waals surface area contributed by atoms with Crippen molar-refractivity contribution in [3.05, 3.63) is 97.2 Å². The highest BCUT2D eigenvalue weighted by Crippen LogP contribution is 2.17. The number of esters is 2. The second-order valence-corrected chi connectivity index (χ2v) is 19.7. The molecule has 1 unspecified atom stereocenters. The molecule has 0 radical (unpaired) electrons. The van der Waals surface area contributed by atoms with Crippen LogP contribution in [0.25, 0.3) is 0 Å². The van der Waals surface area contributed by atoms with E-state index in [0.717, 1.165) is 89.9 Å². The Labute approximate surface area is 434 Å². The van der Waals surface area contributed by atoms with E-state index in [9.17, 15) is 14.7 Å². The summed E-state index contributed by atoms with van der Waals surface area (Å²) in [6.45, 7) is 4.00. The van der Waals surface area contributed by atoms with Crippen molar-refractivity contribution >= 4 is 11.9 Å². The smallest absolute Gasteiger partial charge is 0.306 e. The number of rotatable bonds is 54. The summed E-state index contributed by atoms with van der Waals surface area (Å²) in [5, 5.41) is 9.64. The van der Waals surface area contributed by atoms with E-state index in [1.165, 1.54) is 167 Å². The molecular weight excluding hydrogens is 861 g/mol. The van der Waals surface area contributed by atoms with Crippen molar-refractivity contribution in [1.29, 1.82) is 0 Å². The number of allylic oxidation sites excluding steroid dienone is 16. The van der Waals surface area contributed by atoms with Crippen LogP contribution in [0.2, 0.25) is 0 Å². The van der Waals surface area contributed by atoms with Gasteiger partial charge in [-0.3, -0.25) is 9.59 Å². The first-order chi connectivity index (χ1) is 34.6. The lowest BCUT2D eigenvalue weighted by molar-refractivity contribution is -0.161. The van der Waals surface area contributed by atoms with E-state index in [-0.39, 0.29) is 25.2 Å². The van der Waals surface area contributed by atoms with E-state index in [2.05, 4.69) is 111 Å². The van der Waals surface area contributed by atoms with Gasteiger partial charge in [-0.1, -0.05) is 272 Å². The van der Waals surface area contributed by atoms with Crippen molar-refractivity contribution in [2.45, 2.75) is 290 Å². The number of ether oxygens (including phenoxy) is 2. The molecule has 1 atom stereocenters. The predicted molar refractivity (Wildman–Crippen MR) is 306 cm³/mol. The van der Waals surface area contributed by atoms with Gasteiger partial charge in [0.2, 0.25) is 0 Å². The van der Waals surface area contributed by atoms with E-state index < -0.39 is 6.10 Å². The molecular formula is C65H112O5. The fraction of sp³-hybridized carbons (Fsp3) is 0.723. The molecule has 0 heterocycles. The first-order valence-corrected chi connectivity index (χ1v) is 29.8. The highest BCUT2D eigenvalue weighted by molar-refractivity contribution is 5.70. The number of hydrogen-bond acceptors (Lipinski definition) is 5. The van der Waals surface area contributed by atoms with Gasteiger partial charge in [0.25, 0.3) is 0 Å². The van der Waals surface area contributed by atoms with Crippen molar-refractivity contribution < 1.29 is 24.2 Å². The third-order valence-electron chi connectivity index (χ3n) is 12.9. The molecule has 0 saturated heterocycles. The Morgan fingerprint density at radius 2 is 0.614 bits per heavy atom. The minimum Gasteiger partial charge on any atom is -0.462 e. The Morgan fingerprint density at radius 3 is 0.943 bits per heavy atom. The zero-order chi connectivity index (χ0) is 50.6. The summed E-state index contributed by atoms with van der Waals surface area (Å²) in [7, 11) is 0. The third kappa shape index (κ3) is 57.4. The average molecular weight is 974 g/mol. The Morgan fingerprint density at radius 1 is 0.343 bits per heavy atom. The fourth-order valence-electron chi connectivity index (χ4n) is 8.41. The molecule has 0 saturated carbocycles. The molecule has 5 heteroatoms. The van der Waals surface area contributed by atoms with Gasteiger partial charge >= 0.3 is 11.9 Å². The molecule has 0 aliphatic rings. The Hall–Kier alpha value is -3.18. The molecule has 0 spiro atoms. The lowest BCUT2D eigenvalue weighted by Crippen LogP contribution is -2.28. The summed E-state index contributed by atoms with van der Waals surface area (Å²) < 4.78 is 10.7. The van der Waals surface area contributed by atoms with E-state index in [4.69, 9.17) is 9.47 Å². The average Bonchev–Trinajstić information content (AvgIpc) is 3.36. The van der Waals surface area contributed by atoms with Gasteiger partial charge in [-0.05, 0) is 96.3 Å². The normalized spacial score (nSPS) is 12.9. The SMILES string of the molecule is CC/C=C\C/C=C\C/C=C\C/C=C\C/C=C\CCCCCC(=O)OC(CO)COC(=O)CCCCCCCCCCCCCCCCCCCCCCCC/C=C\C/C=C\C/C=C\CCCCCCC. The Kier molecular flexibility index (Phi) is 57.4.